The summed E-state index contributed by atoms with van der Waals surface area (Å²) in [4.78, 5) is 22.5. The van der Waals surface area contributed by atoms with Crippen molar-refractivity contribution in [1.29, 1.82) is 0 Å². The lowest BCUT2D eigenvalue weighted by Crippen LogP contribution is -2.31. The molecule has 0 fully saturated rings. The van der Waals surface area contributed by atoms with Crippen molar-refractivity contribution in [1.82, 2.24) is 19.7 Å². The highest BCUT2D eigenvalue weighted by Crippen LogP contribution is 2.40. The lowest BCUT2D eigenvalue weighted by Gasteiger charge is -2.29. The molecule has 0 bridgehead atoms. The minimum absolute atomic E-state index is 0.270. The van der Waals surface area contributed by atoms with E-state index < -0.39 is 6.04 Å². The Labute approximate surface area is 215 Å². The summed E-state index contributed by atoms with van der Waals surface area (Å²) in [5.74, 6) is 2.04. The zero-order valence-electron chi connectivity index (χ0n) is 21.1. The van der Waals surface area contributed by atoms with Gasteiger partial charge in [-0.1, -0.05) is 35.9 Å². The number of nitrogens with one attached hydrogen (secondary N) is 2. The van der Waals surface area contributed by atoms with Crippen LogP contribution in [-0.2, 0) is 4.79 Å². The van der Waals surface area contributed by atoms with Crippen LogP contribution in [0.15, 0.2) is 78.3 Å². The molecule has 1 amide bonds. The Morgan fingerprint density at radius 2 is 1.92 bits per heavy atom. The molecule has 4 aromatic rings. The number of ether oxygens (including phenoxy) is 2. The van der Waals surface area contributed by atoms with E-state index in [1.165, 1.54) is 0 Å². The second-order valence-corrected chi connectivity index (χ2v) is 8.67. The lowest BCUT2D eigenvalue weighted by molar-refractivity contribution is -0.113. The molecule has 2 N–H and O–H groups in total. The molecule has 5 rings (SSSR count). The van der Waals surface area contributed by atoms with Crippen LogP contribution in [0, 0.1) is 6.92 Å². The smallest absolute Gasteiger partial charge is 0.255 e. The molecule has 1 atom stereocenters. The van der Waals surface area contributed by atoms with Crippen LogP contribution in [0.3, 0.4) is 0 Å². The van der Waals surface area contributed by atoms with Gasteiger partial charge in [0.15, 0.2) is 17.3 Å². The van der Waals surface area contributed by atoms with E-state index >= 15 is 0 Å². The Bertz CT molecular complexity index is 1460. The summed E-state index contributed by atoms with van der Waals surface area (Å²) in [6, 6.07) is 16.7. The van der Waals surface area contributed by atoms with Gasteiger partial charge in [0, 0.05) is 17.5 Å². The van der Waals surface area contributed by atoms with Gasteiger partial charge in [0.25, 0.3) is 5.91 Å². The molecule has 2 aromatic carbocycles. The maximum Gasteiger partial charge on any atom is 0.255 e. The predicted molar refractivity (Wildman–Crippen MR) is 142 cm³/mol. The topological polar surface area (TPSA) is 103 Å². The van der Waals surface area contributed by atoms with Crippen LogP contribution in [-0.4, -0.2) is 39.4 Å². The quantitative estimate of drug-likeness (QED) is 0.372. The highest BCUT2D eigenvalue weighted by Gasteiger charge is 2.35. The number of amides is 1. The Balaban J connectivity index is 1.62. The highest BCUT2D eigenvalue weighted by molar-refractivity contribution is 6.06. The van der Waals surface area contributed by atoms with E-state index in [0.717, 1.165) is 16.7 Å². The van der Waals surface area contributed by atoms with Crippen LogP contribution < -0.4 is 20.1 Å². The largest absolute Gasteiger partial charge is 0.493 e. The molecule has 0 spiro atoms. The van der Waals surface area contributed by atoms with E-state index in [1.54, 1.807) is 36.3 Å². The van der Waals surface area contributed by atoms with Crippen molar-refractivity contribution < 1.29 is 14.3 Å². The van der Waals surface area contributed by atoms with Crippen molar-refractivity contribution >= 4 is 17.5 Å². The Hall–Kier alpha value is -4.66. The number of carbonyl (C=O) groups excluding carboxylic acids is 1. The third kappa shape index (κ3) is 4.75. The average Bonchev–Trinajstić information content (AvgIpc) is 3.32. The first kappa shape index (κ1) is 24.1. The first-order valence-corrected chi connectivity index (χ1v) is 12.0. The van der Waals surface area contributed by atoms with Crippen LogP contribution in [0.4, 0.5) is 11.6 Å². The number of benzene rings is 2. The maximum atomic E-state index is 13.7. The fraction of sp³-hybridized carbons (Fsp3) is 0.214. The lowest BCUT2D eigenvalue weighted by atomic mass is 9.94. The average molecular weight is 497 g/mol. The van der Waals surface area contributed by atoms with Gasteiger partial charge in [-0.2, -0.15) is 4.98 Å². The van der Waals surface area contributed by atoms with Crippen LogP contribution in [0.2, 0.25) is 0 Å². The van der Waals surface area contributed by atoms with Crippen molar-refractivity contribution in [3.8, 4) is 22.9 Å². The SMILES string of the molecule is CCOc1ccc(C2C(C(=O)Nc3cccnc3)=C(C)Nc3nc(-c4ccc(C)cc4)nn32)cc1OC. The normalized spacial score (nSPS) is 14.5. The molecule has 2 aromatic heterocycles. The molecule has 0 saturated carbocycles. The molecule has 0 saturated heterocycles. The molecule has 9 nitrogen and oxygen atoms in total. The first-order valence-electron chi connectivity index (χ1n) is 12.0. The fourth-order valence-electron chi connectivity index (χ4n) is 4.34. The van der Waals surface area contributed by atoms with Crippen molar-refractivity contribution in [3.63, 3.8) is 0 Å². The third-order valence-corrected chi connectivity index (χ3v) is 6.13. The van der Waals surface area contributed by atoms with Gasteiger partial charge in [-0.15, -0.1) is 5.10 Å². The van der Waals surface area contributed by atoms with Crippen molar-refractivity contribution in [2.24, 2.45) is 0 Å². The maximum absolute atomic E-state index is 13.7. The van der Waals surface area contributed by atoms with E-state index in [0.29, 0.717) is 46.8 Å². The number of hydrogen-bond acceptors (Lipinski definition) is 7. The second-order valence-electron chi connectivity index (χ2n) is 8.67. The first-order chi connectivity index (χ1) is 18.0. The van der Waals surface area contributed by atoms with Crippen molar-refractivity contribution in [3.05, 3.63) is 89.4 Å². The summed E-state index contributed by atoms with van der Waals surface area (Å²) in [7, 11) is 1.59. The van der Waals surface area contributed by atoms with Gasteiger partial charge in [-0.3, -0.25) is 9.78 Å². The third-order valence-electron chi connectivity index (χ3n) is 6.13. The summed E-state index contributed by atoms with van der Waals surface area (Å²) in [5.41, 5.74) is 4.62. The van der Waals surface area contributed by atoms with Gasteiger partial charge in [0.05, 0.1) is 31.2 Å². The van der Waals surface area contributed by atoms with Gasteiger partial charge in [0.2, 0.25) is 5.95 Å². The zero-order chi connectivity index (χ0) is 25.9. The number of nitrogens with zero attached hydrogens (tertiary/aromatic N) is 4. The number of anilines is 2. The fourth-order valence-corrected chi connectivity index (χ4v) is 4.34. The van der Waals surface area contributed by atoms with Gasteiger partial charge >= 0.3 is 0 Å². The predicted octanol–water partition coefficient (Wildman–Crippen LogP) is 4.98. The highest BCUT2D eigenvalue weighted by atomic mass is 16.5. The Morgan fingerprint density at radius 3 is 2.62 bits per heavy atom. The van der Waals surface area contributed by atoms with Gasteiger partial charge < -0.3 is 20.1 Å². The molecular weight excluding hydrogens is 468 g/mol. The van der Waals surface area contributed by atoms with Gasteiger partial charge in [-0.25, -0.2) is 4.68 Å². The molecule has 1 aliphatic rings. The number of aryl methyl sites for hydroxylation is 1. The standard InChI is InChI=1S/C28H28N6O3/c1-5-37-22-13-12-20(15-23(22)36-4)25-24(27(35)31-21-7-6-14-29-16-21)18(3)30-28-32-26(33-34(25)28)19-10-8-17(2)9-11-19/h6-16,25H,5H2,1-4H3,(H,31,35)(H,30,32,33). The second kappa shape index (κ2) is 10.1. The van der Waals surface area contributed by atoms with E-state index in [9.17, 15) is 4.79 Å². The minimum atomic E-state index is -0.566. The molecule has 0 aliphatic carbocycles. The molecule has 188 valence electrons. The number of fused-ring (bicyclic) bond motifs is 1. The molecular formula is C28H28N6O3. The van der Waals surface area contributed by atoms with Gasteiger partial charge in [0.1, 0.15) is 6.04 Å². The summed E-state index contributed by atoms with van der Waals surface area (Å²) in [6.07, 6.45) is 3.26. The number of aromatic nitrogens is 4. The number of hydrogen-bond donors (Lipinski definition) is 2. The number of allylic oxidation sites excluding steroid dienone is 1. The molecule has 9 heteroatoms. The Kier molecular flexibility index (Phi) is 6.59. The van der Waals surface area contributed by atoms with Crippen molar-refractivity contribution in [2.45, 2.75) is 26.8 Å². The van der Waals surface area contributed by atoms with E-state index in [-0.39, 0.29) is 5.91 Å². The zero-order valence-corrected chi connectivity index (χ0v) is 21.1. The molecule has 0 radical (unpaired) electrons. The van der Waals surface area contributed by atoms with Gasteiger partial charge in [-0.05, 0) is 50.6 Å². The number of carbonyl (C=O) groups is 1. The van der Waals surface area contributed by atoms with E-state index in [4.69, 9.17) is 19.6 Å². The van der Waals surface area contributed by atoms with Crippen LogP contribution in [0.1, 0.15) is 31.0 Å². The molecule has 37 heavy (non-hydrogen) atoms. The number of rotatable bonds is 7. The summed E-state index contributed by atoms with van der Waals surface area (Å²) < 4.78 is 13.1. The summed E-state index contributed by atoms with van der Waals surface area (Å²) in [5, 5.41) is 11.1. The van der Waals surface area contributed by atoms with Crippen LogP contribution in [0.5, 0.6) is 11.5 Å². The number of methoxy groups -OCH3 is 1. The molecule has 3 heterocycles. The minimum Gasteiger partial charge on any atom is -0.493 e. The Morgan fingerprint density at radius 1 is 1.11 bits per heavy atom. The molecule has 1 aliphatic heterocycles. The van der Waals surface area contributed by atoms with Crippen LogP contribution in [0.25, 0.3) is 11.4 Å². The summed E-state index contributed by atoms with van der Waals surface area (Å²) in [6.45, 7) is 6.32. The molecule has 1 unspecified atom stereocenters. The number of pyridine rings is 1. The van der Waals surface area contributed by atoms with E-state index in [2.05, 4.69) is 15.6 Å². The van der Waals surface area contributed by atoms with Crippen molar-refractivity contribution in [2.75, 3.05) is 24.4 Å². The monoisotopic (exact) mass is 496 g/mol. The van der Waals surface area contributed by atoms with Crippen LogP contribution >= 0.6 is 0 Å². The van der Waals surface area contributed by atoms with E-state index in [1.807, 2.05) is 63.2 Å². The summed E-state index contributed by atoms with van der Waals surface area (Å²) >= 11 is 0.